The largest absolute Gasteiger partial charge is 0.484 e. The van der Waals surface area contributed by atoms with Crippen LogP contribution in [0.25, 0.3) is 11.0 Å². The molecule has 27 heavy (non-hydrogen) atoms. The molecule has 5 nitrogen and oxygen atoms in total. The fraction of sp³-hybridized carbons (Fsp3) is 0.273. The summed E-state index contributed by atoms with van der Waals surface area (Å²) in [6, 6.07) is 12.5. The topological polar surface area (TPSA) is 68.5 Å². The van der Waals surface area contributed by atoms with Crippen molar-refractivity contribution in [2.24, 2.45) is 0 Å². The molecule has 0 spiro atoms. The first-order chi connectivity index (χ1) is 13.1. The first kappa shape index (κ1) is 17.3. The summed E-state index contributed by atoms with van der Waals surface area (Å²) in [5.74, 6) is 1.48. The minimum Gasteiger partial charge on any atom is -0.484 e. The summed E-state index contributed by atoms with van der Waals surface area (Å²) in [7, 11) is 0. The Bertz CT molecular complexity index is 1000. The van der Waals surface area contributed by atoms with Crippen LogP contribution in [-0.2, 0) is 17.6 Å². The number of fused-ring (bicyclic) bond motifs is 3. The molecule has 1 N–H and O–H groups in total. The van der Waals surface area contributed by atoms with E-state index in [2.05, 4.69) is 5.32 Å². The minimum absolute atomic E-state index is 0.00645. The Balaban J connectivity index is 1.40. The van der Waals surface area contributed by atoms with Gasteiger partial charge in [-0.2, -0.15) is 0 Å². The van der Waals surface area contributed by atoms with Gasteiger partial charge in [0.15, 0.2) is 12.4 Å². The van der Waals surface area contributed by atoms with E-state index in [1.54, 1.807) is 24.3 Å². The molecule has 1 aliphatic carbocycles. The zero-order chi connectivity index (χ0) is 18.8. The van der Waals surface area contributed by atoms with Crippen molar-refractivity contribution in [2.75, 3.05) is 11.9 Å². The van der Waals surface area contributed by atoms with Crippen molar-refractivity contribution in [3.8, 4) is 5.75 Å². The molecule has 1 aromatic heterocycles. The predicted octanol–water partition coefficient (Wildman–Crippen LogP) is 4.53. The molecule has 1 amide bonds. The average molecular weight is 363 g/mol. The maximum absolute atomic E-state index is 12.1. The molecule has 4 rings (SSSR count). The monoisotopic (exact) mass is 363 g/mol. The number of furan rings is 1. The van der Waals surface area contributed by atoms with Gasteiger partial charge in [-0.05, 0) is 68.7 Å². The lowest BCUT2D eigenvalue weighted by Crippen LogP contribution is -2.20. The van der Waals surface area contributed by atoms with Crippen molar-refractivity contribution >= 4 is 28.3 Å². The normalized spacial score (nSPS) is 13.2. The summed E-state index contributed by atoms with van der Waals surface area (Å²) >= 11 is 0. The maximum Gasteiger partial charge on any atom is 0.262 e. The summed E-state index contributed by atoms with van der Waals surface area (Å²) in [5.41, 5.74) is 3.40. The van der Waals surface area contributed by atoms with E-state index in [0.717, 1.165) is 29.6 Å². The second-order valence-electron chi connectivity index (χ2n) is 6.84. The summed E-state index contributed by atoms with van der Waals surface area (Å²) in [6.45, 7) is 1.43. The van der Waals surface area contributed by atoms with Crippen molar-refractivity contribution in [3.63, 3.8) is 0 Å². The molecular weight excluding hydrogens is 342 g/mol. The maximum atomic E-state index is 12.1. The van der Waals surface area contributed by atoms with E-state index in [9.17, 15) is 9.59 Å². The van der Waals surface area contributed by atoms with Crippen LogP contribution in [0.2, 0.25) is 0 Å². The number of anilines is 1. The molecule has 0 unspecified atom stereocenters. The van der Waals surface area contributed by atoms with Crippen molar-refractivity contribution in [3.05, 3.63) is 59.4 Å². The molecule has 1 aliphatic rings. The summed E-state index contributed by atoms with van der Waals surface area (Å²) in [4.78, 5) is 23.4. The number of aryl methyl sites for hydroxylation is 2. The van der Waals surface area contributed by atoms with Gasteiger partial charge < -0.3 is 14.5 Å². The number of ether oxygens (including phenoxy) is 1. The third-order valence-electron chi connectivity index (χ3n) is 4.87. The van der Waals surface area contributed by atoms with E-state index in [-0.39, 0.29) is 18.3 Å². The number of benzene rings is 2. The van der Waals surface area contributed by atoms with Gasteiger partial charge in [-0.1, -0.05) is 0 Å². The fourth-order valence-corrected chi connectivity index (χ4v) is 3.47. The number of rotatable bonds is 5. The zero-order valence-electron chi connectivity index (χ0n) is 15.2. The predicted molar refractivity (Wildman–Crippen MR) is 103 cm³/mol. The highest BCUT2D eigenvalue weighted by molar-refractivity contribution is 5.96. The lowest BCUT2D eigenvalue weighted by Gasteiger charge is -2.09. The molecule has 0 aliphatic heterocycles. The molecule has 3 aromatic rings. The van der Waals surface area contributed by atoms with Crippen LogP contribution in [0, 0.1) is 0 Å². The number of ketones is 1. The minimum atomic E-state index is -0.250. The fourth-order valence-electron chi connectivity index (χ4n) is 3.47. The highest BCUT2D eigenvalue weighted by Gasteiger charge is 2.18. The number of hydrogen-bond acceptors (Lipinski definition) is 4. The first-order valence-electron chi connectivity index (χ1n) is 9.18. The SMILES string of the molecule is CC(=O)c1ccc(NC(=O)COc2ccc3oc4c(c3c2)CCCC4)cc1. The number of Topliss-reactive ketones (excluding diaryl/α,β-unsaturated/α-hetero) is 1. The summed E-state index contributed by atoms with van der Waals surface area (Å²) in [5, 5.41) is 3.85. The lowest BCUT2D eigenvalue weighted by atomic mass is 9.96. The Morgan fingerprint density at radius 3 is 2.63 bits per heavy atom. The molecule has 1 heterocycles. The van der Waals surface area contributed by atoms with E-state index in [1.807, 2.05) is 18.2 Å². The Labute approximate surface area is 157 Å². The molecule has 0 bridgehead atoms. The van der Waals surface area contributed by atoms with Gasteiger partial charge in [0.2, 0.25) is 0 Å². The zero-order valence-corrected chi connectivity index (χ0v) is 15.2. The Morgan fingerprint density at radius 2 is 1.85 bits per heavy atom. The van der Waals surface area contributed by atoms with Crippen LogP contribution in [0.5, 0.6) is 5.75 Å². The smallest absolute Gasteiger partial charge is 0.262 e. The third-order valence-corrected chi connectivity index (χ3v) is 4.87. The quantitative estimate of drug-likeness (QED) is 0.676. The molecule has 0 saturated heterocycles. The van der Waals surface area contributed by atoms with Gasteiger partial charge in [0.25, 0.3) is 5.91 Å². The van der Waals surface area contributed by atoms with E-state index < -0.39 is 0 Å². The van der Waals surface area contributed by atoms with E-state index >= 15 is 0 Å². The molecular formula is C22H21NO4. The number of carbonyl (C=O) groups excluding carboxylic acids is 2. The Kier molecular flexibility index (Phi) is 4.67. The van der Waals surface area contributed by atoms with E-state index in [0.29, 0.717) is 17.0 Å². The molecule has 0 radical (unpaired) electrons. The summed E-state index contributed by atoms with van der Waals surface area (Å²) in [6.07, 6.45) is 4.37. The van der Waals surface area contributed by atoms with Gasteiger partial charge in [-0.3, -0.25) is 9.59 Å². The van der Waals surface area contributed by atoms with E-state index in [1.165, 1.54) is 25.3 Å². The first-order valence-corrected chi connectivity index (χ1v) is 9.18. The molecule has 0 atom stereocenters. The van der Waals surface area contributed by atoms with Crippen molar-refractivity contribution in [1.29, 1.82) is 0 Å². The van der Waals surface area contributed by atoms with E-state index in [4.69, 9.17) is 9.15 Å². The van der Waals surface area contributed by atoms with Gasteiger partial charge in [0, 0.05) is 28.6 Å². The summed E-state index contributed by atoms with van der Waals surface area (Å²) < 4.78 is 11.6. The van der Waals surface area contributed by atoms with Crippen molar-refractivity contribution < 1.29 is 18.7 Å². The van der Waals surface area contributed by atoms with Gasteiger partial charge >= 0.3 is 0 Å². The lowest BCUT2D eigenvalue weighted by molar-refractivity contribution is -0.118. The molecule has 2 aromatic carbocycles. The van der Waals surface area contributed by atoms with Crippen LogP contribution in [0.15, 0.2) is 46.9 Å². The van der Waals surface area contributed by atoms with Crippen LogP contribution in [0.3, 0.4) is 0 Å². The van der Waals surface area contributed by atoms with Crippen molar-refractivity contribution in [2.45, 2.75) is 32.6 Å². The second kappa shape index (κ2) is 7.27. The van der Waals surface area contributed by atoms with Gasteiger partial charge in [-0.15, -0.1) is 0 Å². The van der Waals surface area contributed by atoms with Crippen LogP contribution in [0.4, 0.5) is 5.69 Å². The standard InChI is InChI=1S/C22H21NO4/c1-14(24)15-6-8-16(9-7-15)23-22(25)13-26-17-10-11-21-19(12-17)18-4-2-3-5-20(18)27-21/h6-12H,2-5,13H2,1H3,(H,23,25). The Hall–Kier alpha value is -3.08. The molecule has 138 valence electrons. The number of hydrogen-bond donors (Lipinski definition) is 1. The molecule has 5 heteroatoms. The van der Waals surface area contributed by atoms with Crippen LogP contribution >= 0.6 is 0 Å². The average Bonchev–Trinajstić information content (AvgIpc) is 3.05. The highest BCUT2D eigenvalue weighted by atomic mass is 16.5. The molecule has 0 saturated carbocycles. The van der Waals surface area contributed by atoms with Gasteiger partial charge in [0.05, 0.1) is 0 Å². The van der Waals surface area contributed by atoms with Crippen LogP contribution in [-0.4, -0.2) is 18.3 Å². The van der Waals surface area contributed by atoms with Crippen molar-refractivity contribution in [1.82, 2.24) is 0 Å². The number of amides is 1. The molecule has 0 fully saturated rings. The number of carbonyl (C=O) groups is 2. The number of nitrogens with one attached hydrogen (secondary N) is 1. The highest BCUT2D eigenvalue weighted by Crippen LogP contribution is 2.33. The second-order valence-corrected chi connectivity index (χ2v) is 6.84. The van der Waals surface area contributed by atoms with Gasteiger partial charge in [-0.25, -0.2) is 0 Å². The Morgan fingerprint density at radius 1 is 1.07 bits per heavy atom. The third kappa shape index (κ3) is 3.72. The van der Waals surface area contributed by atoms with Crippen LogP contribution in [0.1, 0.15) is 41.4 Å². The van der Waals surface area contributed by atoms with Crippen LogP contribution < -0.4 is 10.1 Å². The van der Waals surface area contributed by atoms with Gasteiger partial charge in [0.1, 0.15) is 17.1 Å².